The van der Waals surface area contributed by atoms with Gasteiger partial charge in [0.1, 0.15) is 0 Å². The van der Waals surface area contributed by atoms with Crippen molar-refractivity contribution in [3.8, 4) is 0 Å². The highest BCUT2D eigenvalue weighted by Crippen LogP contribution is 2.34. The van der Waals surface area contributed by atoms with Gasteiger partial charge in [-0.05, 0) is 31.9 Å². The van der Waals surface area contributed by atoms with E-state index in [1.54, 1.807) is 6.92 Å². The third-order valence-corrected chi connectivity index (χ3v) is 4.00. The Morgan fingerprint density at radius 3 is 2.62 bits per heavy atom. The average molecular weight is 372 g/mol. The zero-order valence-electron chi connectivity index (χ0n) is 14.1. The molecule has 9 heteroatoms. The van der Waals surface area contributed by atoms with Gasteiger partial charge in [0, 0.05) is 13.1 Å². The van der Waals surface area contributed by atoms with E-state index >= 15 is 0 Å². The minimum Gasteiger partial charge on any atom is -0.466 e. The van der Waals surface area contributed by atoms with E-state index in [9.17, 15) is 27.6 Å². The summed E-state index contributed by atoms with van der Waals surface area (Å²) in [6.45, 7) is 2.13. The van der Waals surface area contributed by atoms with Gasteiger partial charge in [0.25, 0.3) is 0 Å². The molecule has 142 valence electrons. The van der Waals surface area contributed by atoms with Crippen molar-refractivity contribution >= 4 is 23.5 Å². The summed E-state index contributed by atoms with van der Waals surface area (Å²) in [6, 6.07) is 4.41. The molecule has 0 aromatic heterocycles. The van der Waals surface area contributed by atoms with E-state index in [0.29, 0.717) is 12.8 Å². The van der Waals surface area contributed by atoms with Crippen molar-refractivity contribution in [2.45, 2.75) is 25.9 Å². The summed E-state index contributed by atoms with van der Waals surface area (Å²) < 4.78 is 43.8. The Kier molecular flexibility index (Phi) is 6.23. The van der Waals surface area contributed by atoms with Crippen LogP contribution in [0.1, 0.15) is 25.3 Å². The van der Waals surface area contributed by atoms with Gasteiger partial charge in [-0.3, -0.25) is 14.4 Å². The number of esters is 1. The summed E-state index contributed by atoms with van der Waals surface area (Å²) in [7, 11) is 0. The maximum Gasteiger partial charge on any atom is 0.418 e. The molecule has 26 heavy (non-hydrogen) atoms. The first kappa shape index (κ1) is 19.7. The van der Waals surface area contributed by atoms with Crippen LogP contribution >= 0.6 is 0 Å². The van der Waals surface area contributed by atoms with Gasteiger partial charge >= 0.3 is 24.0 Å². The molecule has 0 saturated carbocycles. The fraction of sp³-hybridized carbons (Fsp3) is 0.471. The van der Waals surface area contributed by atoms with Crippen molar-refractivity contribution in [1.29, 1.82) is 0 Å². The van der Waals surface area contributed by atoms with Gasteiger partial charge in [0.15, 0.2) is 0 Å². The highest BCUT2D eigenvalue weighted by Gasteiger charge is 2.35. The number of carbonyl (C=O) groups excluding carboxylic acids is 3. The fourth-order valence-corrected chi connectivity index (χ4v) is 2.77. The standard InChI is InChI=1S/C17H19F3N2O4/c1-2-26-16(25)11-6-5-9-22(10-11)15(24)14(23)21-13-8-4-3-7-12(13)17(18,19)20/h3-4,7-8,11H,2,5-6,9-10H2,1H3,(H,21,23). The Labute approximate surface area is 148 Å². The topological polar surface area (TPSA) is 75.7 Å². The number of anilines is 1. The lowest BCUT2D eigenvalue weighted by Crippen LogP contribution is -2.47. The maximum absolute atomic E-state index is 13.0. The molecular formula is C17H19F3N2O4. The number of halogens is 3. The molecule has 1 aliphatic rings. The van der Waals surface area contributed by atoms with Gasteiger partial charge in [-0.2, -0.15) is 13.2 Å². The van der Waals surface area contributed by atoms with Crippen LogP contribution in [0.2, 0.25) is 0 Å². The number of nitrogens with zero attached hydrogens (tertiary/aromatic N) is 1. The molecule has 2 amide bonds. The van der Waals surface area contributed by atoms with E-state index in [1.165, 1.54) is 12.1 Å². The van der Waals surface area contributed by atoms with Crippen molar-refractivity contribution in [2.75, 3.05) is 25.0 Å². The van der Waals surface area contributed by atoms with Crippen LogP contribution in [0.25, 0.3) is 0 Å². The summed E-state index contributed by atoms with van der Waals surface area (Å²) in [5.74, 6) is -3.14. The molecule has 1 atom stereocenters. The van der Waals surface area contributed by atoms with E-state index in [1.807, 2.05) is 5.32 Å². The lowest BCUT2D eigenvalue weighted by molar-refractivity contribution is -0.153. The normalized spacial score (nSPS) is 17.5. The van der Waals surface area contributed by atoms with E-state index in [0.717, 1.165) is 17.0 Å². The third-order valence-electron chi connectivity index (χ3n) is 4.00. The second kappa shape index (κ2) is 8.20. The molecule has 1 aromatic carbocycles. The van der Waals surface area contributed by atoms with Crippen LogP contribution in [0, 0.1) is 5.92 Å². The lowest BCUT2D eigenvalue weighted by atomic mass is 9.98. The number of piperidine rings is 1. The predicted molar refractivity (Wildman–Crippen MR) is 86.0 cm³/mol. The monoisotopic (exact) mass is 372 g/mol. The zero-order chi connectivity index (χ0) is 19.3. The molecule has 1 aromatic rings. The molecule has 0 radical (unpaired) electrons. The van der Waals surface area contributed by atoms with Crippen LogP contribution in [-0.4, -0.2) is 42.4 Å². The Morgan fingerprint density at radius 2 is 1.96 bits per heavy atom. The van der Waals surface area contributed by atoms with Crippen LogP contribution in [0.4, 0.5) is 18.9 Å². The second-order valence-electron chi connectivity index (χ2n) is 5.84. The first-order chi connectivity index (χ1) is 12.2. The Bertz CT molecular complexity index is 691. The first-order valence-electron chi connectivity index (χ1n) is 8.17. The minimum absolute atomic E-state index is 0.00596. The van der Waals surface area contributed by atoms with Crippen LogP contribution < -0.4 is 5.32 Å². The quantitative estimate of drug-likeness (QED) is 0.653. The number of benzene rings is 1. The highest BCUT2D eigenvalue weighted by atomic mass is 19.4. The van der Waals surface area contributed by atoms with Crippen LogP contribution in [0.3, 0.4) is 0 Å². The summed E-state index contributed by atoms with van der Waals surface area (Å²) in [5, 5.41) is 2.02. The SMILES string of the molecule is CCOC(=O)C1CCCN(C(=O)C(=O)Nc2ccccc2C(F)(F)F)C1. The molecule has 1 saturated heterocycles. The largest absolute Gasteiger partial charge is 0.466 e. The van der Waals surface area contributed by atoms with Crippen LogP contribution in [-0.2, 0) is 25.3 Å². The summed E-state index contributed by atoms with van der Waals surface area (Å²) in [6.07, 6.45) is -3.63. The van der Waals surface area contributed by atoms with Crippen molar-refractivity contribution < 1.29 is 32.3 Å². The number of para-hydroxylation sites is 1. The molecule has 1 N–H and O–H groups in total. The molecular weight excluding hydrogens is 353 g/mol. The van der Waals surface area contributed by atoms with Crippen molar-refractivity contribution in [1.82, 2.24) is 4.90 Å². The number of ether oxygens (including phenoxy) is 1. The van der Waals surface area contributed by atoms with Crippen molar-refractivity contribution in [3.63, 3.8) is 0 Å². The van der Waals surface area contributed by atoms with E-state index < -0.39 is 41.1 Å². The lowest BCUT2D eigenvalue weighted by Gasteiger charge is -2.31. The first-order valence-corrected chi connectivity index (χ1v) is 8.17. The number of hydrogen-bond acceptors (Lipinski definition) is 4. The Hall–Kier alpha value is -2.58. The minimum atomic E-state index is -4.66. The number of alkyl halides is 3. The van der Waals surface area contributed by atoms with Crippen molar-refractivity contribution in [3.05, 3.63) is 29.8 Å². The van der Waals surface area contributed by atoms with E-state index in [2.05, 4.69) is 0 Å². The molecule has 1 aliphatic heterocycles. The van der Waals surface area contributed by atoms with Crippen LogP contribution in [0.15, 0.2) is 24.3 Å². The maximum atomic E-state index is 13.0. The predicted octanol–water partition coefficient (Wildman–Crippen LogP) is 2.45. The number of amides is 2. The summed E-state index contributed by atoms with van der Waals surface area (Å²) in [4.78, 5) is 37.3. The third kappa shape index (κ3) is 4.74. The molecule has 0 bridgehead atoms. The zero-order valence-corrected chi connectivity index (χ0v) is 14.1. The molecule has 2 rings (SSSR count). The highest BCUT2D eigenvalue weighted by molar-refractivity contribution is 6.39. The molecule has 1 heterocycles. The molecule has 0 aliphatic carbocycles. The second-order valence-corrected chi connectivity index (χ2v) is 5.84. The average Bonchev–Trinajstić information content (AvgIpc) is 2.61. The molecule has 1 fully saturated rings. The molecule has 1 unspecified atom stereocenters. The number of carbonyl (C=O) groups is 3. The number of nitrogens with one attached hydrogen (secondary N) is 1. The van der Waals surface area contributed by atoms with Gasteiger partial charge in [-0.15, -0.1) is 0 Å². The fourth-order valence-electron chi connectivity index (χ4n) is 2.77. The number of hydrogen-bond donors (Lipinski definition) is 1. The smallest absolute Gasteiger partial charge is 0.418 e. The number of rotatable bonds is 3. The molecule has 0 spiro atoms. The van der Waals surface area contributed by atoms with Crippen LogP contribution in [0.5, 0.6) is 0 Å². The Balaban J connectivity index is 2.06. The molecule has 6 nitrogen and oxygen atoms in total. The van der Waals surface area contributed by atoms with E-state index in [4.69, 9.17) is 4.74 Å². The Morgan fingerprint density at radius 1 is 1.27 bits per heavy atom. The van der Waals surface area contributed by atoms with Crippen molar-refractivity contribution in [2.24, 2.45) is 5.92 Å². The van der Waals surface area contributed by atoms with E-state index in [-0.39, 0.29) is 19.7 Å². The van der Waals surface area contributed by atoms with Gasteiger partial charge in [-0.25, -0.2) is 0 Å². The number of likely N-dealkylation sites (tertiary alicyclic amines) is 1. The summed E-state index contributed by atoms with van der Waals surface area (Å²) >= 11 is 0. The van der Waals surface area contributed by atoms with Gasteiger partial charge in [0.2, 0.25) is 0 Å². The summed E-state index contributed by atoms with van der Waals surface area (Å²) in [5.41, 5.74) is -1.53. The van der Waals surface area contributed by atoms with Gasteiger partial charge in [0.05, 0.1) is 23.8 Å². The van der Waals surface area contributed by atoms with Gasteiger partial charge in [-0.1, -0.05) is 12.1 Å². The van der Waals surface area contributed by atoms with Gasteiger partial charge < -0.3 is 15.0 Å².